The highest BCUT2D eigenvalue weighted by Crippen LogP contribution is 2.30. The number of hydrogen-bond donors (Lipinski definition) is 3. The SMILES string of the molecule is O=C(Nc1ccccc1)Nc1ccc2c(c1)CC(C(=O)NCc1ccccc1Cl)CO2. The second-order valence-electron chi connectivity index (χ2n) is 7.29. The van der Waals surface area contributed by atoms with Crippen molar-refractivity contribution in [2.45, 2.75) is 13.0 Å². The third kappa shape index (κ3) is 5.35. The summed E-state index contributed by atoms with van der Waals surface area (Å²) in [5.41, 5.74) is 3.08. The van der Waals surface area contributed by atoms with Crippen molar-refractivity contribution in [1.82, 2.24) is 5.32 Å². The molecule has 3 N–H and O–H groups in total. The Morgan fingerprint density at radius 2 is 1.68 bits per heavy atom. The minimum absolute atomic E-state index is 0.0919. The summed E-state index contributed by atoms with van der Waals surface area (Å²) in [4.78, 5) is 24.9. The number of ether oxygens (including phenoxy) is 1. The van der Waals surface area contributed by atoms with Crippen LogP contribution < -0.4 is 20.7 Å². The number of rotatable bonds is 5. The maximum Gasteiger partial charge on any atom is 0.323 e. The van der Waals surface area contributed by atoms with Gasteiger partial charge in [0.15, 0.2) is 0 Å². The Balaban J connectivity index is 1.36. The standard InChI is InChI=1S/C24H22ClN3O3/c25-21-9-5-4-6-16(21)14-26-23(29)18-12-17-13-20(10-11-22(17)31-15-18)28-24(30)27-19-7-2-1-3-8-19/h1-11,13,18H,12,14-15H2,(H,26,29)(H2,27,28,30). The number of halogens is 1. The minimum atomic E-state index is -0.336. The van der Waals surface area contributed by atoms with E-state index in [1.54, 1.807) is 12.1 Å². The van der Waals surface area contributed by atoms with E-state index in [9.17, 15) is 9.59 Å². The Hall–Kier alpha value is -3.51. The zero-order valence-electron chi connectivity index (χ0n) is 16.7. The lowest BCUT2D eigenvalue weighted by Crippen LogP contribution is -2.37. The number of urea groups is 1. The lowest BCUT2D eigenvalue weighted by molar-refractivity contribution is -0.126. The van der Waals surface area contributed by atoms with Crippen LogP contribution >= 0.6 is 11.6 Å². The van der Waals surface area contributed by atoms with E-state index in [1.165, 1.54) is 0 Å². The first kappa shape index (κ1) is 20.8. The highest BCUT2D eigenvalue weighted by molar-refractivity contribution is 6.31. The van der Waals surface area contributed by atoms with Crippen LogP contribution in [0, 0.1) is 5.92 Å². The number of carbonyl (C=O) groups excluding carboxylic acids is 2. The first-order valence-electron chi connectivity index (χ1n) is 9.98. The molecule has 0 aliphatic carbocycles. The molecular weight excluding hydrogens is 414 g/mol. The van der Waals surface area contributed by atoms with Crippen LogP contribution in [0.4, 0.5) is 16.2 Å². The fraction of sp³-hybridized carbons (Fsp3) is 0.167. The van der Waals surface area contributed by atoms with Crippen molar-refractivity contribution in [2.24, 2.45) is 5.92 Å². The van der Waals surface area contributed by atoms with Gasteiger partial charge < -0.3 is 20.7 Å². The topological polar surface area (TPSA) is 79.5 Å². The van der Waals surface area contributed by atoms with Crippen molar-refractivity contribution >= 4 is 34.9 Å². The quantitative estimate of drug-likeness (QED) is 0.536. The van der Waals surface area contributed by atoms with E-state index in [4.69, 9.17) is 16.3 Å². The molecule has 6 nitrogen and oxygen atoms in total. The second-order valence-corrected chi connectivity index (χ2v) is 7.70. The molecule has 31 heavy (non-hydrogen) atoms. The highest BCUT2D eigenvalue weighted by atomic mass is 35.5. The maximum absolute atomic E-state index is 12.6. The number of benzene rings is 3. The van der Waals surface area contributed by atoms with Crippen molar-refractivity contribution in [3.63, 3.8) is 0 Å². The number of anilines is 2. The molecule has 3 amide bonds. The van der Waals surface area contributed by atoms with E-state index in [0.717, 1.165) is 16.9 Å². The van der Waals surface area contributed by atoms with Crippen molar-refractivity contribution in [1.29, 1.82) is 0 Å². The third-order valence-electron chi connectivity index (χ3n) is 5.04. The molecule has 0 bridgehead atoms. The molecule has 1 aliphatic rings. The Bertz CT molecular complexity index is 1090. The highest BCUT2D eigenvalue weighted by Gasteiger charge is 2.26. The predicted octanol–water partition coefficient (Wildman–Crippen LogP) is 4.85. The van der Waals surface area contributed by atoms with E-state index in [1.807, 2.05) is 60.7 Å². The number of nitrogens with one attached hydrogen (secondary N) is 3. The van der Waals surface area contributed by atoms with Crippen LogP contribution in [0.5, 0.6) is 5.75 Å². The summed E-state index contributed by atoms with van der Waals surface area (Å²) in [6.07, 6.45) is 0.527. The second kappa shape index (κ2) is 9.53. The molecule has 158 valence electrons. The van der Waals surface area contributed by atoms with E-state index >= 15 is 0 Å². The molecule has 1 aliphatic heterocycles. The summed E-state index contributed by atoms with van der Waals surface area (Å²) in [6, 6.07) is 21.7. The van der Waals surface area contributed by atoms with Gasteiger partial charge in [-0.1, -0.05) is 48.0 Å². The average Bonchev–Trinajstić information content (AvgIpc) is 2.78. The Morgan fingerprint density at radius 3 is 2.48 bits per heavy atom. The Morgan fingerprint density at radius 1 is 0.935 bits per heavy atom. The molecule has 1 heterocycles. The molecule has 1 atom stereocenters. The van der Waals surface area contributed by atoms with Gasteiger partial charge in [0.05, 0.1) is 5.92 Å². The monoisotopic (exact) mass is 435 g/mol. The largest absolute Gasteiger partial charge is 0.492 e. The fourth-order valence-electron chi connectivity index (χ4n) is 3.42. The van der Waals surface area contributed by atoms with Crippen molar-refractivity contribution in [2.75, 3.05) is 17.2 Å². The summed E-state index contributed by atoms with van der Waals surface area (Å²) in [5.74, 6) is 0.318. The van der Waals surface area contributed by atoms with Gasteiger partial charge in [-0.3, -0.25) is 4.79 Å². The molecule has 3 aromatic rings. The van der Waals surface area contributed by atoms with Gasteiger partial charge in [0.25, 0.3) is 0 Å². The summed E-state index contributed by atoms with van der Waals surface area (Å²) in [7, 11) is 0. The van der Waals surface area contributed by atoms with Gasteiger partial charge in [0.2, 0.25) is 5.91 Å². The summed E-state index contributed by atoms with van der Waals surface area (Å²) >= 11 is 6.15. The molecular formula is C24H22ClN3O3. The molecule has 7 heteroatoms. The van der Waals surface area contributed by atoms with Crippen LogP contribution in [0.3, 0.4) is 0 Å². The molecule has 0 saturated carbocycles. The maximum atomic E-state index is 12.6. The van der Waals surface area contributed by atoms with E-state index in [0.29, 0.717) is 36.0 Å². The number of carbonyl (C=O) groups is 2. The van der Waals surface area contributed by atoms with Crippen molar-refractivity contribution in [3.8, 4) is 5.75 Å². The van der Waals surface area contributed by atoms with Gasteiger partial charge in [-0.25, -0.2) is 4.79 Å². The lowest BCUT2D eigenvalue weighted by atomic mass is 9.95. The van der Waals surface area contributed by atoms with Gasteiger partial charge in [0, 0.05) is 22.9 Å². The number of fused-ring (bicyclic) bond motifs is 1. The fourth-order valence-corrected chi connectivity index (χ4v) is 3.63. The molecule has 4 rings (SSSR count). The molecule has 0 saturated heterocycles. The summed E-state index contributed by atoms with van der Waals surface area (Å²) in [5, 5.41) is 9.15. The molecule has 1 unspecified atom stereocenters. The van der Waals surface area contributed by atoms with Gasteiger partial charge in [0.1, 0.15) is 12.4 Å². The summed E-state index contributed by atoms with van der Waals surface area (Å²) < 4.78 is 5.77. The smallest absolute Gasteiger partial charge is 0.323 e. The first-order chi connectivity index (χ1) is 15.1. The predicted molar refractivity (Wildman–Crippen MR) is 122 cm³/mol. The van der Waals surface area contributed by atoms with Gasteiger partial charge in [-0.15, -0.1) is 0 Å². The minimum Gasteiger partial charge on any atom is -0.492 e. The summed E-state index contributed by atoms with van der Waals surface area (Å²) in [6.45, 7) is 0.672. The Kier molecular flexibility index (Phi) is 6.38. The van der Waals surface area contributed by atoms with Gasteiger partial charge >= 0.3 is 6.03 Å². The van der Waals surface area contributed by atoms with E-state index < -0.39 is 0 Å². The van der Waals surface area contributed by atoms with Crippen LogP contribution in [0.1, 0.15) is 11.1 Å². The van der Waals surface area contributed by atoms with E-state index in [2.05, 4.69) is 16.0 Å². The zero-order chi connectivity index (χ0) is 21.6. The van der Waals surface area contributed by atoms with Gasteiger partial charge in [-0.05, 0) is 53.9 Å². The molecule has 3 aromatic carbocycles. The van der Waals surface area contributed by atoms with Crippen LogP contribution in [0.15, 0.2) is 72.8 Å². The van der Waals surface area contributed by atoms with E-state index in [-0.39, 0.29) is 17.9 Å². The molecule has 0 spiro atoms. The van der Waals surface area contributed by atoms with Crippen LogP contribution in [-0.4, -0.2) is 18.5 Å². The normalized spacial score (nSPS) is 14.7. The Labute approximate surface area is 185 Å². The number of para-hydroxylation sites is 1. The lowest BCUT2D eigenvalue weighted by Gasteiger charge is -2.25. The van der Waals surface area contributed by atoms with Crippen LogP contribution in [0.25, 0.3) is 0 Å². The number of hydrogen-bond acceptors (Lipinski definition) is 3. The number of amides is 3. The molecule has 0 radical (unpaired) electrons. The van der Waals surface area contributed by atoms with Crippen LogP contribution in [0.2, 0.25) is 5.02 Å². The zero-order valence-corrected chi connectivity index (χ0v) is 17.5. The van der Waals surface area contributed by atoms with Crippen LogP contribution in [-0.2, 0) is 17.8 Å². The third-order valence-corrected chi connectivity index (χ3v) is 5.41. The molecule has 0 aromatic heterocycles. The van der Waals surface area contributed by atoms with Crippen molar-refractivity contribution in [3.05, 3.63) is 88.9 Å². The molecule has 0 fully saturated rings. The van der Waals surface area contributed by atoms with Crippen molar-refractivity contribution < 1.29 is 14.3 Å². The van der Waals surface area contributed by atoms with Gasteiger partial charge in [-0.2, -0.15) is 0 Å². The average molecular weight is 436 g/mol. The first-order valence-corrected chi connectivity index (χ1v) is 10.4.